The number of rotatable bonds is 3. The van der Waals surface area contributed by atoms with Gasteiger partial charge >= 0.3 is 0 Å². The third-order valence-corrected chi connectivity index (χ3v) is 4.94. The van der Waals surface area contributed by atoms with E-state index < -0.39 is 0 Å². The first-order chi connectivity index (χ1) is 11.1. The molecule has 0 radical (unpaired) electrons. The highest BCUT2D eigenvalue weighted by Crippen LogP contribution is 2.29. The van der Waals surface area contributed by atoms with E-state index in [4.69, 9.17) is 32.7 Å². The van der Waals surface area contributed by atoms with Crippen molar-refractivity contribution >= 4 is 29.1 Å². The van der Waals surface area contributed by atoms with Gasteiger partial charge in [0, 0.05) is 19.6 Å². The van der Waals surface area contributed by atoms with Crippen LogP contribution in [0.5, 0.6) is 0 Å². The largest absolute Gasteiger partial charge is 0.379 e. The molecule has 1 aromatic carbocycles. The number of benzene rings is 1. The van der Waals surface area contributed by atoms with E-state index in [1.807, 2.05) is 17.0 Å². The van der Waals surface area contributed by atoms with Crippen LogP contribution in [0.15, 0.2) is 18.2 Å². The first kappa shape index (κ1) is 17.0. The molecule has 2 heterocycles. The second-order valence-corrected chi connectivity index (χ2v) is 6.58. The highest BCUT2D eigenvalue weighted by atomic mass is 35.5. The number of nitrogens with zero attached hydrogens (tertiary/aromatic N) is 2. The Morgan fingerprint density at radius 1 is 1.13 bits per heavy atom. The lowest BCUT2D eigenvalue weighted by Gasteiger charge is -2.35. The van der Waals surface area contributed by atoms with Crippen LogP contribution in [-0.4, -0.2) is 68.3 Å². The Morgan fingerprint density at radius 2 is 1.91 bits per heavy atom. The molecule has 1 aromatic rings. The number of morpholine rings is 2. The van der Waals surface area contributed by atoms with Gasteiger partial charge in [-0.1, -0.05) is 29.3 Å². The molecule has 2 saturated heterocycles. The van der Waals surface area contributed by atoms with Crippen molar-refractivity contribution in [1.29, 1.82) is 0 Å². The summed E-state index contributed by atoms with van der Waals surface area (Å²) >= 11 is 12.0. The molecule has 23 heavy (non-hydrogen) atoms. The van der Waals surface area contributed by atoms with Gasteiger partial charge in [0.1, 0.15) is 6.10 Å². The maximum Gasteiger partial charge on any atom is 0.236 e. The van der Waals surface area contributed by atoms with Crippen LogP contribution in [0.1, 0.15) is 11.7 Å². The normalized spacial score (nSPS) is 23.0. The summed E-state index contributed by atoms with van der Waals surface area (Å²) in [5.41, 5.74) is 0.947. The lowest BCUT2D eigenvalue weighted by atomic mass is 10.1. The fraction of sp³-hybridized carbons (Fsp3) is 0.562. The standard InChI is InChI=1S/C16H20Cl2N2O3/c17-13-2-1-12(9-14(13)18)15-10-20(5-8-23-15)16(21)11-19-3-6-22-7-4-19/h1-2,9,15H,3-8,10-11H2/t15-/m1/s1. The molecule has 0 aromatic heterocycles. The zero-order chi connectivity index (χ0) is 16.2. The van der Waals surface area contributed by atoms with E-state index in [1.165, 1.54) is 0 Å². The highest BCUT2D eigenvalue weighted by molar-refractivity contribution is 6.42. The Balaban J connectivity index is 1.60. The van der Waals surface area contributed by atoms with E-state index in [-0.39, 0.29) is 12.0 Å². The van der Waals surface area contributed by atoms with Crippen molar-refractivity contribution in [1.82, 2.24) is 9.80 Å². The minimum Gasteiger partial charge on any atom is -0.379 e. The Hall–Kier alpha value is -0.850. The molecular weight excluding hydrogens is 339 g/mol. The van der Waals surface area contributed by atoms with Gasteiger partial charge in [-0.05, 0) is 17.7 Å². The summed E-state index contributed by atoms with van der Waals surface area (Å²) in [5, 5.41) is 1.02. The number of carbonyl (C=O) groups is 1. The highest BCUT2D eigenvalue weighted by Gasteiger charge is 2.27. The summed E-state index contributed by atoms with van der Waals surface area (Å²) < 4.78 is 11.1. The van der Waals surface area contributed by atoms with E-state index in [0.717, 1.165) is 18.7 Å². The molecule has 2 aliphatic rings. The molecule has 0 unspecified atom stereocenters. The van der Waals surface area contributed by atoms with Gasteiger partial charge in [0.15, 0.2) is 0 Å². The molecule has 0 N–H and O–H groups in total. The van der Waals surface area contributed by atoms with E-state index in [9.17, 15) is 4.79 Å². The predicted octanol–water partition coefficient (Wildman–Crippen LogP) is 2.23. The van der Waals surface area contributed by atoms with Crippen LogP contribution in [0.4, 0.5) is 0 Å². The molecule has 5 nitrogen and oxygen atoms in total. The van der Waals surface area contributed by atoms with Crippen LogP contribution in [0, 0.1) is 0 Å². The maximum absolute atomic E-state index is 12.5. The van der Waals surface area contributed by atoms with E-state index in [0.29, 0.717) is 49.5 Å². The molecule has 0 spiro atoms. The van der Waals surface area contributed by atoms with Crippen molar-refractivity contribution in [2.24, 2.45) is 0 Å². The van der Waals surface area contributed by atoms with Gasteiger partial charge in [0.05, 0.1) is 43.0 Å². The second-order valence-electron chi connectivity index (χ2n) is 5.76. The molecule has 0 bridgehead atoms. The summed E-state index contributed by atoms with van der Waals surface area (Å²) in [4.78, 5) is 16.5. The number of hydrogen-bond donors (Lipinski definition) is 0. The monoisotopic (exact) mass is 358 g/mol. The van der Waals surface area contributed by atoms with Crippen LogP contribution in [0.3, 0.4) is 0 Å². The van der Waals surface area contributed by atoms with E-state index in [2.05, 4.69) is 4.90 Å². The zero-order valence-corrected chi connectivity index (χ0v) is 14.4. The summed E-state index contributed by atoms with van der Waals surface area (Å²) in [5.74, 6) is 0.139. The number of ether oxygens (including phenoxy) is 2. The van der Waals surface area contributed by atoms with Crippen LogP contribution >= 0.6 is 23.2 Å². The average Bonchev–Trinajstić information content (AvgIpc) is 2.58. The summed E-state index contributed by atoms with van der Waals surface area (Å²) in [6.45, 7) is 5.16. The topological polar surface area (TPSA) is 42.0 Å². The molecule has 0 aliphatic carbocycles. The minimum atomic E-state index is -0.160. The van der Waals surface area contributed by atoms with E-state index >= 15 is 0 Å². The molecular formula is C16H20Cl2N2O3. The molecule has 126 valence electrons. The van der Waals surface area contributed by atoms with Crippen LogP contribution < -0.4 is 0 Å². The predicted molar refractivity (Wildman–Crippen MR) is 89.0 cm³/mol. The summed E-state index contributed by atoms with van der Waals surface area (Å²) in [6, 6.07) is 5.47. The van der Waals surface area contributed by atoms with Crippen molar-refractivity contribution in [2.75, 3.05) is 52.5 Å². The van der Waals surface area contributed by atoms with Gasteiger partial charge in [-0.15, -0.1) is 0 Å². The SMILES string of the molecule is O=C(CN1CCOCC1)N1CCO[C@@H](c2ccc(Cl)c(Cl)c2)C1. The van der Waals surface area contributed by atoms with Gasteiger partial charge in [0.2, 0.25) is 5.91 Å². The Morgan fingerprint density at radius 3 is 2.65 bits per heavy atom. The zero-order valence-electron chi connectivity index (χ0n) is 12.8. The number of hydrogen-bond acceptors (Lipinski definition) is 4. The maximum atomic E-state index is 12.5. The fourth-order valence-corrected chi connectivity index (χ4v) is 3.15. The quantitative estimate of drug-likeness (QED) is 0.830. The van der Waals surface area contributed by atoms with Gasteiger partial charge < -0.3 is 14.4 Å². The average molecular weight is 359 g/mol. The van der Waals surface area contributed by atoms with Crippen molar-refractivity contribution in [3.63, 3.8) is 0 Å². The Kier molecular flexibility index (Phi) is 5.77. The van der Waals surface area contributed by atoms with Crippen LogP contribution in [0.2, 0.25) is 10.0 Å². The second kappa shape index (κ2) is 7.81. The minimum absolute atomic E-state index is 0.139. The molecule has 7 heteroatoms. The third-order valence-electron chi connectivity index (χ3n) is 4.20. The molecule has 1 amide bonds. The number of halogens is 2. The number of amides is 1. The van der Waals surface area contributed by atoms with Crippen molar-refractivity contribution < 1.29 is 14.3 Å². The van der Waals surface area contributed by atoms with Gasteiger partial charge in [0.25, 0.3) is 0 Å². The first-order valence-corrected chi connectivity index (χ1v) is 8.53. The lowest BCUT2D eigenvalue weighted by molar-refractivity contribution is -0.141. The smallest absolute Gasteiger partial charge is 0.236 e. The van der Waals surface area contributed by atoms with Gasteiger partial charge in [-0.25, -0.2) is 0 Å². The molecule has 1 atom stereocenters. The Bertz CT molecular complexity index is 564. The van der Waals surface area contributed by atoms with Gasteiger partial charge in [-0.3, -0.25) is 9.69 Å². The van der Waals surface area contributed by atoms with Crippen molar-refractivity contribution in [3.05, 3.63) is 33.8 Å². The summed E-state index contributed by atoms with van der Waals surface area (Å²) in [6.07, 6.45) is -0.160. The molecule has 2 aliphatic heterocycles. The van der Waals surface area contributed by atoms with Crippen molar-refractivity contribution in [2.45, 2.75) is 6.10 Å². The van der Waals surface area contributed by atoms with Crippen molar-refractivity contribution in [3.8, 4) is 0 Å². The summed E-state index contributed by atoms with van der Waals surface area (Å²) in [7, 11) is 0. The Labute approximate surface area is 146 Å². The molecule has 0 saturated carbocycles. The lowest BCUT2D eigenvalue weighted by Crippen LogP contribution is -2.48. The van der Waals surface area contributed by atoms with E-state index in [1.54, 1.807) is 6.07 Å². The first-order valence-electron chi connectivity index (χ1n) is 7.78. The van der Waals surface area contributed by atoms with Crippen LogP contribution in [0.25, 0.3) is 0 Å². The van der Waals surface area contributed by atoms with Crippen LogP contribution in [-0.2, 0) is 14.3 Å². The molecule has 2 fully saturated rings. The third kappa shape index (κ3) is 4.37. The van der Waals surface area contributed by atoms with Gasteiger partial charge in [-0.2, -0.15) is 0 Å². The molecule has 3 rings (SSSR count). The fourth-order valence-electron chi connectivity index (χ4n) is 2.84. The number of carbonyl (C=O) groups excluding carboxylic acids is 1.